The molecule has 1 aromatic carbocycles. The van der Waals surface area contributed by atoms with Gasteiger partial charge in [0, 0.05) is 55.6 Å². The summed E-state index contributed by atoms with van der Waals surface area (Å²) in [6, 6.07) is 3.13. The number of nitrogens with zero attached hydrogens (tertiary/aromatic N) is 5. The average Bonchev–Trinajstić information content (AvgIpc) is 3.49. The van der Waals surface area contributed by atoms with Gasteiger partial charge in [-0.1, -0.05) is 17.7 Å². The molecule has 2 unspecified atom stereocenters. The zero-order valence-corrected chi connectivity index (χ0v) is 25.3. The highest BCUT2D eigenvalue weighted by atomic mass is 35.5. The lowest BCUT2D eigenvalue weighted by atomic mass is 9.93. The van der Waals surface area contributed by atoms with Gasteiger partial charge in [-0.05, 0) is 45.1 Å². The molecule has 42 heavy (non-hydrogen) atoms. The summed E-state index contributed by atoms with van der Waals surface area (Å²) in [5.41, 5.74) is 0.777. The Morgan fingerprint density at radius 1 is 1.31 bits per heavy atom. The number of halogens is 2. The van der Waals surface area contributed by atoms with Crippen molar-refractivity contribution in [1.82, 2.24) is 25.0 Å². The first-order valence-corrected chi connectivity index (χ1v) is 14.2. The van der Waals surface area contributed by atoms with Gasteiger partial charge < -0.3 is 29.4 Å². The first-order valence-electron chi connectivity index (χ1n) is 13.4. The Morgan fingerprint density at radius 3 is 2.71 bits per heavy atom. The summed E-state index contributed by atoms with van der Waals surface area (Å²) in [6.45, 7) is 8.30. The molecule has 1 aromatic heterocycles. The molecule has 3 aliphatic heterocycles. The Labute approximate surface area is 253 Å². The van der Waals surface area contributed by atoms with Crippen molar-refractivity contribution in [3.05, 3.63) is 63.7 Å². The van der Waals surface area contributed by atoms with Gasteiger partial charge in [-0.25, -0.2) is 14.2 Å². The molecule has 0 spiro atoms. The number of aryl methyl sites for hydroxylation is 1. The van der Waals surface area contributed by atoms with E-state index in [1.807, 2.05) is 4.90 Å². The number of amidine groups is 1. The highest BCUT2D eigenvalue weighted by Gasteiger charge is 2.42. The molecule has 2 N–H and O–H groups in total. The third kappa shape index (κ3) is 5.72. The van der Waals surface area contributed by atoms with Gasteiger partial charge in [0.25, 0.3) is 0 Å². The van der Waals surface area contributed by atoms with E-state index in [2.05, 4.69) is 20.1 Å². The Bertz CT molecular complexity index is 1490. The predicted molar refractivity (Wildman–Crippen MR) is 157 cm³/mol. The number of hydrogen-bond donors (Lipinski definition) is 2. The van der Waals surface area contributed by atoms with Gasteiger partial charge in [0.05, 0.1) is 24.1 Å². The van der Waals surface area contributed by atoms with Crippen LogP contribution in [0.1, 0.15) is 36.9 Å². The largest absolute Gasteiger partial charge is 0.481 e. The minimum Gasteiger partial charge on any atom is -0.481 e. The van der Waals surface area contributed by atoms with Crippen LogP contribution in [0.5, 0.6) is 0 Å². The standard InChI is InChI=1S/C28H32ClFN6O5S/c1-15-22(31-14-41-15)24-32-20(21(25(37)40-4)23(33-24)18-6-5-16(30)9-19(18)29)12-34-7-8-36-17(10-34)11-35(27(36)42)13-28(2,3)26(38)39/h5-6,9,14,17,23H,7-8,10-13H2,1-4H3,(H,32,33)(H,38,39). The van der Waals surface area contributed by atoms with Gasteiger partial charge in [0.2, 0.25) is 0 Å². The Kier molecular flexibility index (Phi) is 8.28. The topological polar surface area (TPSA) is 124 Å². The van der Waals surface area contributed by atoms with E-state index in [1.54, 1.807) is 20.8 Å². The zero-order valence-electron chi connectivity index (χ0n) is 23.7. The van der Waals surface area contributed by atoms with Crippen LogP contribution in [0.15, 0.2) is 45.3 Å². The molecule has 2 saturated heterocycles. The van der Waals surface area contributed by atoms with Crippen molar-refractivity contribution in [2.45, 2.75) is 32.9 Å². The van der Waals surface area contributed by atoms with Gasteiger partial charge >= 0.3 is 11.9 Å². The van der Waals surface area contributed by atoms with Crippen LogP contribution in [0.3, 0.4) is 0 Å². The molecular weight excluding hydrogens is 587 g/mol. The maximum atomic E-state index is 14.0. The summed E-state index contributed by atoms with van der Waals surface area (Å²) >= 11 is 12.2. The zero-order chi connectivity index (χ0) is 30.3. The second-order valence-electron chi connectivity index (χ2n) is 11.2. The van der Waals surface area contributed by atoms with Crippen molar-refractivity contribution in [3.8, 4) is 0 Å². The maximum absolute atomic E-state index is 14.0. The molecule has 224 valence electrons. The first kappa shape index (κ1) is 29.9. The van der Waals surface area contributed by atoms with E-state index in [-0.39, 0.29) is 16.6 Å². The van der Waals surface area contributed by atoms with Gasteiger partial charge in [-0.3, -0.25) is 14.7 Å². The number of piperazine rings is 1. The van der Waals surface area contributed by atoms with Crippen LogP contribution in [0.2, 0.25) is 5.02 Å². The van der Waals surface area contributed by atoms with E-state index in [0.29, 0.717) is 72.9 Å². The molecule has 2 fully saturated rings. The fourth-order valence-corrected chi connectivity index (χ4v) is 6.21. The molecule has 0 aliphatic carbocycles. The quantitative estimate of drug-likeness (QED) is 0.335. The number of thiocarbonyl (C=S) groups is 1. The second kappa shape index (κ2) is 11.6. The number of esters is 1. The molecule has 0 saturated carbocycles. The van der Waals surface area contributed by atoms with Crippen molar-refractivity contribution < 1.29 is 28.2 Å². The Balaban J connectivity index is 1.45. The molecule has 14 heteroatoms. The number of hydrogen-bond acceptors (Lipinski definition) is 9. The molecule has 5 rings (SSSR count). The number of carboxylic acids is 1. The van der Waals surface area contributed by atoms with E-state index in [4.69, 9.17) is 38.0 Å². The molecule has 0 bridgehead atoms. The smallest absolute Gasteiger partial charge is 0.338 e. The lowest BCUT2D eigenvalue weighted by Gasteiger charge is -2.38. The van der Waals surface area contributed by atoms with Crippen molar-refractivity contribution in [1.29, 1.82) is 0 Å². The minimum absolute atomic E-state index is 0.0508. The summed E-state index contributed by atoms with van der Waals surface area (Å²) < 4.78 is 24.5. The minimum atomic E-state index is -0.948. The first-order chi connectivity index (χ1) is 19.9. The number of aliphatic imine (C=N–C) groups is 1. The normalized spacial score (nSPS) is 21.3. The SMILES string of the molecule is COC(=O)C1=C(CN2CCN3C(=S)N(CC(C)(C)C(=O)O)CC3C2)NC(c2ncoc2C)=NC1c1ccc(F)cc1Cl. The number of rotatable bonds is 8. The third-order valence-electron chi connectivity index (χ3n) is 7.82. The second-order valence-corrected chi connectivity index (χ2v) is 12.0. The number of oxazole rings is 1. The van der Waals surface area contributed by atoms with Gasteiger partial charge in [0.1, 0.15) is 23.3 Å². The van der Waals surface area contributed by atoms with Crippen LogP contribution in [0, 0.1) is 18.2 Å². The number of carbonyl (C=O) groups is 2. The number of carbonyl (C=O) groups excluding carboxylic acids is 1. The number of methoxy groups -OCH3 is 1. The fourth-order valence-electron chi connectivity index (χ4n) is 5.56. The van der Waals surface area contributed by atoms with Gasteiger partial charge in [-0.15, -0.1) is 0 Å². The third-order valence-corrected chi connectivity index (χ3v) is 8.64. The number of benzene rings is 1. The summed E-state index contributed by atoms with van der Waals surface area (Å²) in [5.74, 6) is -1.06. The summed E-state index contributed by atoms with van der Waals surface area (Å²) in [5, 5.41) is 13.7. The summed E-state index contributed by atoms with van der Waals surface area (Å²) in [7, 11) is 1.29. The lowest BCUT2D eigenvalue weighted by molar-refractivity contribution is -0.147. The molecule has 4 heterocycles. The number of nitrogens with one attached hydrogen (secondary N) is 1. The van der Waals surface area contributed by atoms with Crippen molar-refractivity contribution in [2.75, 3.05) is 46.4 Å². The van der Waals surface area contributed by atoms with Crippen molar-refractivity contribution in [2.24, 2.45) is 10.4 Å². The van der Waals surface area contributed by atoms with Gasteiger partial charge in [0.15, 0.2) is 17.3 Å². The number of ether oxygens (including phenoxy) is 1. The maximum Gasteiger partial charge on any atom is 0.338 e. The molecule has 11 nitrogen and oxygen atoms in total. The van der Waals surface area contributed by atoms with Crippen molar-refractivity contribution >= 4 is 46.7 Å². The summed E-state index contributed by atoms with van der Waals surface area (Å²) in [6.07, 6.45) is 1.31. The number of carboxylic acid groups (broad SMARTS) is 1. The van der Waals surface area contributed by atoms with Crippen LogP contribution >= 0.6 is 23.8 Å². The van der Waals surface area contributed by atoms with E-state index >= 15 is 0 Å². The number of fused-ring (bicyclic) bond motifs is 1. The van der Waals surface area contributed by atoms with Gasteiger partial charge in [-0.2, -0.15) is 0 Å². The molecule has 2 atom stereocenters. The van der Waals surface area contributed by atoms with Crippen LogP contribution in [-0.2, 0) is 14.3 Å². The number of aromatic nitrogens is 1. The van der Waals surface area contributed by atoms with E-state index in [9.17, 15) is 19.1 Å². The molecule has 0 amide bonds. The summed E-state index contributed by atoms with van der Waals surface area (Å²) in [4.78, 5) is 40.4. The van der Waals surface area contributed by atoms with Crippen molar-refractivity contribution in [3.63, 3.8) is 0 Å². The predicted octanol–water partition coefficient (Wildman–Crippen LogP) is 2.99. The molecule has 3 aliphatic rings. The van der Waals surface area contributed by atoms with E-state index < -0.39 is 29.2 Å². The Hall–Kier alpha value is -3.55. The van der Waals surface area contributed by atoms with Crippen LogP contribution in [0.4, 0.5) is 4.39 Å². The van der Waals surface area contributed by atoms with Crippen LogP contribution in [-0.4, -0.2) is 100 Å². The highest BCUT2D eigenvalue weighted by molar-refractivity contribution is 7.80. The molecular formula is C28H32ClFN6O5S. The Morgan fingerprint density at radius 2 is 2.07 bits per heavy atom. The number of aliphatic carboxylic acids is 1. The molecule has 0 radical (unpaired) electrons. The van der Waals surface area contributed by atoms with Crippen LogP contribution < -0.4 is 5.32 Å². The monoisotopic (exact) mass is 618 g/mol. The fraction of sp³-hybridized carbons (Fsp3) is 0.464. The average molecular weight is 619 g/mol. The van der Waals surface area contributed by atoms with E-state index in [1.165, 1.54) is 31.7 Å². The molecule has 2 aromatic rings. The lowest BCUT2D eigenvalue weighted by Crippen LogP contribution is -2.53. The highest BCUT2D eigenvalue weighted by Crippen LogP contribution is 2.37. The van der Waals surface area contributed by atoms with Crippen LogP contribution in [0.25, 0.3) is 0 Å². The van der Waals surface area contributed by atoms with E-state index in [0.717, 1.165) is 0 Å².